The lowest BCUT2D eigenvalue weighted by molar-refractivity contribution is 0.0720. The molecule has 1 aromatic rings. The molecule has 2 fully saturated rings. The molecule has 2 N–H and O–H groups in total. The normalized spacial score (nSPS) is 21.6. The van der Waals surface area contributed by atoms with Gasteiger partial charge in [-0.25, -0.2) is 13.1 Å². The molecule has 0 radical (unpaired) electrons. The van der Waals surface area contributed by atoms with Crippen LogP contribution in [0.25, 0.3) is 0 Å². The summed E-state index contributed by atoms with van der Waals surface area (Å²) in [6, 6.07) is 0.0347. The summed E-state index contributed by atoms with van der Waals surface area (Å²) < 4.78 is 28.4. The number of piperidine rings is 1. The molecule has 1 atom stereocenters. The van der Waals surface area contributed by atoms with E-state index in [1.807, 2.05) is 0 Å². The second kappa shape index (κ2) is 7.75. The highest BCUT2D eigenvalue weighted by Gasteiger charge is 2.35. The Hall–Kier alpha value is -1.67. The van der Waals surface area contributed by atoms with Crippen LogP contribution in [-0.4, -0.2) is 54.4 Å². The number of Topliss-reactive ketones (excluding diaryl/α,β-unsaturated/α-hetero) is 1. The van der Waals surface area contributed by atoms with Crippen LogP contribution in [0.1, 0.15) is 77.6 Å². The maximum atomic E-state index is 13.0. The number of nitrogens with zero attached hydrogens (tertiary/aromatic N) is 1. The van der Waals surface area contributed by atoms with Crippen molar-refractivity contribution in [3.05, 3.63) is 22.5 Å². The van der Waals surface area contributed by atoms with Crippen molar-refractivity contribution < 1.29 is 18.0 Å². The number of aromatic nitrogens is 1. The van der Waals surface area contributed by atoms with E-state index < -0.39 is 15.3 Å². The molecule has 1 aromatic heterocycles. The molecule has 2 heterocycles. The molecular formula is C19H29N3O4S. The Bertz CT molecular complexity index is 837. The number of hydrogen-bond acceptors (Lipinski definition) is 4. The quantitative estimate of drug-likeness (QED) is 0.747. The maximum Gasteiger partial charge on any atom is 0.270 e. The highest BCUT2D eigenvalue weighted by Crippen LogP contribution is 2.25. The van der Waals surface area contributed by atoms with Gasteiger partial charge in [-0.05, 0) is 52.0 Å². The van der Waals surface area contributed by atoms with Gasteiger partial charge in [0.15, 0.2) is 5.78 Å². The molecule has 8 heteroatoms. The van der Waals surface area contributed by atoms with Crippen LogP contribution >= 0.6 is 0 Å². The number of ketones is 1. The van der Waals surface area contributed by atoms with Crippen molar-refractivity contribution in [1.82, 2.24) is 14.6 Å². The van der Waals surface area contributed by atoms with E-state index in [1.54, 1.807) is 18.7 Å². The zero-order chi connectivity index (χ0) is 19.8. The highest BCUT2D eigenvalue weighted by atomic mass is 32.2. The van der Waals surface area contributed by atoms with Gasteiger partial charge in [0.05, 0.1) is 5.25 Å². The Kier molecular flexibility index (Phi) is 5.76. The van der Waals surface area contributed by atoms with Crippen LogP contribution in [0.3, 0.4) is 0 Å². The molecule has 1 aliphatic heterocycles. The molecule has 3 rings (SSSR count). The number of sulfonamides is 1. The van der Waals surface area contributed by atoms with E-state index in [1.165, 1.54) is 6.92 Å². The molecule has 0 bridgehead atoms. The number of rotatable bonds is 5. The number of aromatic amines is 1. The van der Waals surface area contributed by atoms with Gasteiger partial charge in [-0.3, -0.25) is 9.59 Å². The van der Waals surface area contributed by atoms with Crippen LogP contribution in [0.2, 0.25) is 0 Å². The summed E-state index contributed by atoms with van der Waals surface area (Å²) in [5, 5.41) is -0.584. The third-order valence-electron chi connectivity index (χ3n) is 5.79. The second-order valence-corrected chi connectivity index (χ2v) is 9.83. The number of H-pyrrole nitrogens is 1. The lowest BCUT2D eigenvalue weighted by Gasteiger charge is -2.33. The highest BCUT2D eigenvalue weighted by molar-refractivity contribution is 7.90. The number of carbonyl (C=O) groups excluding carboxylic acids is 2. The SMILES string of the molecule is CC(=O)c1c(C)[nH]c(C(=O)N2CCC[C@H](S(=O)(=O)NC3CCCC3)C2)c1C. The Morgan fingerprint density at radius 3 is 2.37 bits per heavy atom. The minimum Gasteiger partial charge on any atom is -0.354 e. The Labute approximate surface area is 160 Å². The summed E-state index contributed by atoms with van der Waals surface area (Å²) >= 11 is 0. The lowest BCUT2D eigenvalue weighted by Crippen LogP contribution is -2.50. The fourth-order valence-corrected chi connectivity index (χ4v) is 6.14. The largest absolute Gasteiger partial charge is 0.354 e. The molecule has 0 unspecified atom stereocenters. The van der Waals surface area contributed by atoms with Gasteiger partial charge in [-0.15, -0.1) is 0 Å². The van der Waals surface area contributed by atoms with Gasteiger partial charge in [0.2, 0.25) is 10.0 Å². The lowest BCUT2D eigenvalue weighted by atomic mass is 10.1. The van der Waals surface area contributed by atoms with E-state index in [0.717, 1.165) is 25.7 Å². The van der Waals surface area contributed by atoms with E-state index in [0.29, 0.717) is 41.9 Å². The number of likely N-dealkylation sites (tertiary alicyclic amines) is 1. The zero-order valence-electron chi connectivity index (χ0n) is 16.3. The molecule has 27 heavy (non-hydrogen) atoms. The molecule has 7 nitrogen and oxygen atoms in total. The Morgan fingerprint density at radius 2 is 1.78 bits per heavy atom. The molecule has 0 spiro atoms. The van der Waals surface area contributed by atoms with Gasteiger partial charge in [0.1, 0.15) is 5.69 Å². The molecule has 1 aliphatic carbocycles. The first-order valence-electron chi connectivity index (χ1n) is 9.71. The van der Waals surface area contributed by atoms with E-state index in [-0.39, 0.29) is 24.3 Å². The van der Waals surface area contributed by atoms with E-state index in [2.05, 4.69) is 9.71 Å². The van der Waals surface area contributed by atoms with Gasteiger partial charge in [-0.1, -0.05) is 12.8 Å². The first-order valence-corrected chi connectivity index (χ1v) is 11.3. The Balaban J connectivity index is 1.75. The summed E-state index contributed by atoms with van der Waals surface area (Å²) in [6.45, 7) is 5.73. The second-order valence-electron chi connectivity index (χ2n) is 7.84. The van der Waals surface area contributed by atoms with Gasteiger partial charge >= 0.3 is 0 Å². The summed E-state index contributed by atoms with van der Waals surface area (Å²) in [6.07, 6.45) is 5.12. The Morgan fingerprint density at radius 1 is 1.11 bits per heavy atom. The van der Waals surface area contributed by atoms with Crippen molar-refractivity contribution in [2.24, 2.45) is 0 Å². The fraction of sp³-hybridized carbons (Fsp3) is 0.684. The smallest absolute Gasteiger partial charge is 0.270 e. The number of carbonyl (C=O) groups is 2. The average molecular weight is 396 g/mol. The first kappa shape index (κ1) is 20.1. The number of aryl methyl sites for hydroxylation is 1. The summed E-state index contributed by atoms with van der Waals surface area (Å²) in [7, 11) is -3.45. The molecule has 1 amide bonds. The van der Waals surface area contributed by atoms with Crippen molar-refractivity contribution >= 4 is 21.7 Å². The van der Waals surface area contributed by atoms with E-state index >= 15 is 0 Å². The van der Waals surface area contributed by atoms with Crippen LogP contribution in [0, 0.1) is 13.8 Å². The number of nitrogens with one attached hydrogen (secondary N) is 2. The van der Waals surface area contributed by atoms with Crippen LogP contribution in [-0.2, 0) is 10.0 Å². The van der Waals surface area contributed by atoms with Gasteiger partial charge in [0.25, 0.3) is 5.91 Å². The fourth-order valence-electron chi connectivity index (χ4n) is 4.40. The van der Waals surface area contributed by atoms with Crippen molar-refractivity contribution in [3.8, 4) is 0 Å². The molecular weight excluding hydrogens is 366 g/mol. The van der Waals surface area contributed by atoms with Crippen molar-refractivity contribution in [2.75, 3.05) is 13.1 Å². The van der Waals surface area contributed by atoms with Crippen LogP contribution in [0.5, 0.6) is 0 Å². The number of amides is 1. The standard InChI is InChI=1S/C19H29N3O4S/c1-12-17(14(3)23)13(2)20-18(12)19(24)22-10-6-9-16(11-22)27(25,26)21-15-7-4-5-8-15/h15-16,20-21H,4-11H2,1-3H3/t16-/m0/s1. The first-order chi connectivity index (χ1) is 12.7. The van der Waals surface area contributed by atoms with Crippen molar-refractivity contribution in [2.45, 2.75) is 70.6 Å². The van der Waals surface area contributed by atoms with Crippen molar-refractivity contribution in [3.63, 3.8) is 0 Å². The van der Waals surface area contributed by atoms with E-state index in [9.17, 15) is 18.0 Å². The third kappa shape index (κ3) is 4.11. The topological polar surface area (TPSA) is 99.3 Å². The molecule has 150 valence electrons. The zero-order valence-corrected chi connectivity index (χ0v) is 17.1. The maximum absolute atomic E-state index is 13.0. The van der Waals surface area contributed by atoms with Gasteiger partial charge < -0.3 is 9.88 Å². The minimum atomic E-state index is -3.45. The average Bonchev–Trinajstić information content (AvgIpc) is 3.21. The summed E-state index contributed by atoms with van der Waals surface area (Å²) in [5.74, 6) is -0.316. The molecule has 2 aliphatic rings. The third-order valence-corrected chi connectivity index (χ3v) is 7.72. The van der Waals surface area contributed by atoms with Gasteiger partial charge in [-0.2, -0.15) is 0 Å². The predicted octanol–water partition coefficient (Wildman–Crippen LogP) is 2.30. The minimum absolute atomic E-state index is 0.0347. The monoisotopic (exact) mass is 395 g/mol. The molecule has 1 saturated heterocycles. The van der Waals surface area contributed by atoms with Crippen molar-refractivity contribution in [1.29, 1.82) is 0 Å². The molecule has 1 saturated carbocycles. The summed E-state index contributed by atoms with van der Waals surface area (Å²) in [4.78, 5) is 29.4. The summed E-state index contributed by atoms with van der Waals surface area (Å²) in [5.41, 5.74) is 2.24. The van der Waals surface area contributed by atoms with E-state index in [4.69, 9.17) is 0 Å². The predicted molar refractivity (Wildman–Crippen MR) is 104 cm³/mol. The van der Waals surface area contributed by atoms with Crippen LogP contribution < -0.4 is 4.72 Å². The molecule has 0 aromatic carbocycles. The van der Waals surface area contributed by atoms with Gasteiger partial charge in [0, 0.05) is 30.4 Å². The number of hydrogen-bond donors (Lipinski definition) is 2. The van der Waals surface area contributed by atoms with Crippen LogP contribution in [0.4, 0.5) is 0 Å². The van der Waals surface area contributed by atoms with Crippen LogP contribution in [0.15, 0.2) is 0 Å².